The van der Waals surface area contributed by atoms with Crippen LogP contribution in [0, 0.1) is 0 Å². The first-order valence-corrected chi connectivity index (χ1v) is 8.60. The molecule has 0 radical (unpaired) electrons. The largest absolute Gasteiger partial charge is 0.463 e. The summed E-state index contributed by atoms with van der Waals surface area (Å²) < 4.78 is 5.95. The summed E-state index contributed by atoms with van der Waals surface area (Å²) in [5, 5.41) is 3.39. The Labute approximate surface area is 128 Å². The zero-order chi connectivity index (χ0) is 14.5. The van der Waals surface area contributed by atoms with Crippen molar-refractivity contribution < 1.29 is 4.42 Å². The Morgan fingerprint density at radius 3 is 3.00 bits per heavy atom. The van der Waals surface area contributed by atoms with Crippen LogP contribution in [-0.2, 0) is 13.1 Å². The minimum absolute atomic E-state index is 0.785. The maximum absolute atomic E-state index is 5.95. The summed E-state index contributed by atoms with van der Waals surface area (Å²) in [6.45, 7) is 10.0. The van der Waals surface area contributed by atoms with Gasteiger partial charge in [-0.25, -0.2) is 0 Å². The first-order valence-electron chi connectivity index (χ1n) is 8.60. The fourth-order valence-electron chi connectivity index (χ4n) is 3.58. The molecule has 0 spiro atoms. The molecule has 2 aliphatic heterocycles. The molecule has 3 heterocycles. The van der Waals surface area contributed by atoms with Crippen molar-refractivity contribution in [1.29, 1.82) is 0 Å². The molecule has 0 bridgehead atoms. The molecule has 1 N–H and O–H groups in total. The SMILES string of the molecule is CCCNCc1ccc(CN2CCN3CCCCC3C2)o1. The number of fused-ring (bicyclic) bond motifs is 1. The van der Waals surface area contributed by atoms with Crippen LogP contribution in [0.2, 0.25) is 0 Å². The lowest BCUT2D eigenvalue weighted by Crippen LogP contribution is -2.54. The zero-order valence-corrected chi connectivity index (χ0v) is 13.3. The molecule has 4 nitrogen and oxygen atoms in total. The van der Waals surface area contributed by atoms with Gasteiger partial charge in [-0.2, -0.15) is 0 Å². The third kappa shape index (κ3) is 4.09. The maximum Gasteiger partial charge on any atom is 0.118 e. The summed E-state index contributed by atoms with van der Waals surface area (Å²) in [6, 6.07) is 5.05. The minimum Gasteiger partial charge on any atom is -0.463 e. The van der Waals surface area contributed by atoms with E-state index in [9.17, 15) is 0 Å². The highest BCUT2D eigenvalue weighted by atomic mass is 16.3. The Morgan fingerprint density at radius 1 is 1.19 bits per heavy atom. The molecule has 0 aliphatic carbocycles. The van der Waals surface area contributed by atoms with Crippen LogP contribution < -0.4 is 5.32 Å². The number of hydrogen-bond donors (Lipinski definition) is 1. The molecule has 0 saturated carbocycles. The van der Waals surface area contributed by atoms with Crippen LogP contribution >= 0.6 is 0 Å². The molecule has 2 fully saturated rings. The molecular weight excluding hydrogens is 262 g/mol. The number of rotatable bonds is 6. The fraction of sp³-hybridized carbons (Fsp3) is 0.765. The molecule has 2 saturated heterocycles. The van der Waals surface area contributed by atoms with Crippen molar-refractivity contribution in [3.8, 4) is 0 Å². The van der Waals surface area contributed by atoms with Crippen molar-refractivity contribution in [3.63, 3.8) is 0 Å². The van der Waals surface area contributed by atoms with Crippen LogP contribution in [0.1, 0.15) is 44.1 Å². The van der Waals surface area contributed by atoms with Crippen molar-refractivity contribution in [2.75, 3.05) is 32.7 Å². The highest BCUT2D eigenvalue weighted by Gasteiger charge is 2.28. The van der Waals surface area contributed by atoms with Crippen molar-refractivity contribution in [2.24, 2.45) is 0 Å². The molecule has 118 valence electrons. The lowest BCUT2D eigenvalue weighted by molar-refractivity contribution is 0.0424. The molecule has 3 rings (SSSR count). The van der Waals surface area contributed by atoms with E-state index in [1.54, 1.807) is 0 Å². The van der Waals surface area contributed by atoms with E-state index in [1.165, 1.54) is 51.9 Å². The Kier molecular flexibility index (Phi) is 5.33. The lowest BCUT2D eigenvalue weighted by atomic mass is 9.99. The third-order valence-electron chi connectivity index (χ3n) is 4.74. The monoisotopic (exact) mass is 291 g/mol. The summed E-state index contributed by atoms with van der Waals surface area (Å²) in [5.41, 5.74) is 0. The molecular formula is C17H29N3O. The molecule has 4 heteroatoms. The van der Waals surface area contributed by atoms with E-state index in [-0.39, 0.29) is 0 Å². The first-order chi connectivity index (χ1) is 10.3. The van der Waals surface area contributed by atoms with E-state index in [2.05, 4.69) is 34.2 Å². The molecule has 0 amide bonds. The van der Waals surface area contributed by atoms with E-state index in [4.69, 9.17) is 4.42 Å². The predicted octanol–water partition coefficient (Wildman–Crippen LogP) is 2.45. The summed E-state index contributed by atoms with van der Waals surface area (Å²) in [5.74, 6) is 2.18. The third-order valence-corrected chi connectivity index (χ3v) is 4.74. The topological polar surface area (TPSA) is 31.6 Å². The quantitative estimate of drug-likeness (QED) is 0.816. The van der Waals surface area contributed by atoms with E-state index in [0.717, 1.165) is 37.2 Å². The molecule has 2 aliphatic rings. The zero-order valence-electron chi connectivity index (χ0n) is 13.3. The second-order valence-electron chi connectivity index (χ2n) is 6.47. The van der Waals surface area contributed by atoms with Gasteiger partial charge in [0.25, 0.3) is 0 Å². The predicted molar refractivity (Wildman–Crippen MR) is 85.2 cm³/mol. The highest BCUT2D eigenvalue weighted by Crippen LogP contribution is 2.22. The van der Waals surface area contributed by atoms with Gasteiger partial charge < -0.3 is 9.73 Å². The van der Waals surface area contributed by atoms with Gasteiger partial charge in [-0.1, -0.05) is 13.3 Å². The molecule has 1 unspecified atom stereocenters. The lowest BCUT2D eigenvalue weighted by Gasteiger charge is -2.43. The van der Waals surface area contributed by atoms with Gasteiger partial charge >= 0.3 is 0 Å². The maximum atomic E-state index is 5.95. The van der Waals surface area contributed by atoms with Crippen LogP contribution in [0.3, 0.4) is 0 Å². The highest BCUT2D eigenvalue weighted by molar-refractivity contribution is 5.07. The Bertz CT molecular complexity index is 431. The minimum atomic E-state index is 0.785. The van der Waals surface area contributed by atoms with Crippen molar-refractivity contribution >= 4 is 0 Å². The normalized spacial score (nSPS) is 24.1. The number of piperidine rings is 1. The van der Waals surface area contributed by atoms with Gasteiger partial charge in [0, 0.05) is 25.7 Å². The number of hydrogen-bond acceptors (Lipinski definition) is 4. The van der Waals surface area contributed by atoms with Crippen LogP contribution in [0.15, 0.2) is 16.5 Å². The van der Waals surface area contributed by atoms with Gasteiger partial charge in [-0.05, 0) is 44.5 Å². The van der Waals surface area contributed by atoms with Gasteiger partial charge in [-0.15, -0.1) is 0 Å². The number of nitrogens with one attached hydrogen (secondary N) is 1. The number of piperazine rings is 1. The van der Waals surface area contributed by atoms with E-state index < -0.39 is 0 Å². The standard InChI is InChI=1S/C17H29N3O/c1-2-8-18-12-16-6-7-17(21-16)14-19-10-11-20-9-4-3-5-15(20)13-19/h6-7,15,18H,2-5,8-14H2,1H3. The first kappa shape index (κ1) is 15.1. The van der Waals surface area contributed by atoms with Crippen molar-refractivity contribution in [3.05, 3.63) is 23.7 Å². The smallest absolute Gasteiger partial charge is 0.118 e. The summed E-state index contributed by atoms with van der Waals surface area (Å²) >= 11 is 0. The molecule has 1 aromatic rings. The van der Waals surface area contributed by atoms with Crippen molar-refractivity contribution in [2.45, 2.75) is 51.7 Å². The van der Waals surface area contributed by atoms with Gasteiger partial charge in [0.2, 0.25) is 0 Å². The van der Waals surface area contributed by atoms with E-state index in [1.807, 2.05) is 0 Å². The summed E-state index contributed by atoms with van der Waals surface area (Å²) in [4.78, 5) is 5.25. The molecule has 0 aromatic carbocycles. The molecule has 1 aromatic heterocycles. The number of nitrogens with zero attached hydrogens (tertiary/aromatic N) is 2. The number of furan rings is 1. The Morgan fingerprint density at radius 2 is 2.10 bits per heavy atom. The van der Waals surface area contributed by atoms with E-state index in [0.29, 0.717) is 0 Å². The van der Waals surface area contributed by atoms with Crippen LogP contribution in [0.25, 0.3) is 0 Å². The molecule has 1 atom stereocenters. The second-order valence-corrected chi connectivity index (χ2v) is 6.47. The van der Waals surface area contributed by atoms with E-state index >= 15 is 0 Å². The Balaban J connectivity index is 1.48. The average molecular weight is 291 g/mol. The van der Waals surface area contributed by atoms with Gasteiger partial charge in [-0.3, -0.25) is 9.80 Å². The molecule has 21 heavy (non-hydrogen) atoms. The fourth-order valence-corrected chi connectivity index (χ4v) is 3.58. The van der Waals surface area contributed by atoms with Crippen LogP contribution in [-0.4, -0.2) is 48.6 Å². The summed E-state index contributed by atoms with van der Waals surface area (Å²) in [6.07, 6.45) is 5.34. The van der Waals surface area contributed by atoms with Gasteiger partial charge in [0.1, 0.15) is 11.5 Å². The average Bonchev–Trinajstić information content (AvgIpc) is 2.95. The summed E-state index contributed by atoms with van der Waals surface area (Å²) in [7, 11) is 0. The second kappa shape index (κ2) is 7.43. The van der Waals surface area contributed by atoms with Crippen molar-refractivity contribution in [1.82, 2.24) is 15.1 Å². The van der Waals surface area contributed by atoms with Crippen LogP contribution in [0.4, 0.5) is 0 Å². The van der Waals surface area contributed by atoms with Gasteiger partial charge in [0.05, 0.1) is 13.1 Å². The Hall–Kier alpha value is -0.840. The van der Waals surface area contributed by atoms with Crippen LogP contribution in [0.5, 0.6) is 0 Å². The van der Waals surface area contributed by atoms with Gasteiger partial charge in [0.15, 0.2) is 0 Å².